The summed E-state index contributed by atoms with van der Waals surface area (Å²) in [5.74, 6) is 0.160. The van der Waals surface area contributed by atoms with E-state index in [1.165, 1.54) is 12.1 Å². The fraction of sp³-hybridized carbons (Fsp3) is 0.333. The first-order valence-electron chi connectivity index (χ1n) is 5.03. The van der Waals surface area contributed by atoms with Gasteiger partial charge in [0.15, 0.2) is 0 Å². The van der Waals surface area contributed by atoms with Gasteiger partial charge in [0.05, 0.1) is 0 Å². The minimum absolute atomic E-state index is 0.160. The molecule has 0 bridgehead atoms. The SMILES string of the molecule is C=C(Cl)CN(C)Cc1ccc(OC(F)F)cc1. The van der Waals surface area contributed by atoms with Crippen LogP contribution in [0.2, 0.25) is 0 Å². The zero-order valence-electron chi connectivity index (χ0n) is 9.50. The summed E-state index contributed by atoms with van der Waals surface area (Å²) < 4.78 is 28.1. The summed E-state index contributed by atoms with van der Waals surface area (Å²) in [5.41, 5.74) is 0.993. The van der Waals surface area contributed by atoms with E-state index in [1.54, 1.807) is 12.1 Å². The van der Waals surface area contributed by atoms with Gasteiger partial charge in [-0.3, -0.25) is 4.90 Å². The fourth-order valence-electron chi connectivity index (χ4n) is 1.44. The second-order valence-electron chi connectivity index (χ2n) is 3.71. The molecular formula is C12H14ClF2NO. The van der Waals surface area contributed by atoms with E-state index < -0.39 is 6.61 Å². The Morgan fingerprint density at radius 3 is 2.47 bits per heavy atom. The predicted molar refractivity (Wildman–Crippen MR) is 64.4 cm³/mol. The summed E-state index contributed by atoms with van der Waals surface area (Å²) in [5, 5.41) is 0.560. The number of nitrogens with zero attached hydrogens (tertiary/aromatic N) is 1. The van der Waals surface area contributed by atoms with Crippen LogP contribution >= 0.6 is 11.6 Å². The van der Waals surface area contributed by atoms with E-state index in [1.807, 2.05) is 11.9 Å². The Bertz CT molecular complexity index is 367. The summed E-state index contributed by atoms with van der Waals surface area (Å²) >= 11 is 5.68. The summed E-state index contributed by atoms with van der Waals surface area (Å²) in [6.45, 7) is 2.06. The minimum Gasteiger partial charge on any atom is -0.435 e. The van der Waals surface area contributed by atoms with Crippen LogP contribution in [0.4, 0.5) is 8.78 Å². The van der Waals surface area contributed by atoms with Crippen LogP contribution in [0, 0.1) is 0 Å². The van der Waals surface area contributed by atoms with Crippen LogP contribution in [0.3, 0.4) is 0 Å². The van der Waals surface area contributed by atoms with Crippen molar-refractivity contribution in [2.75, 3.05) is 13.6 Å². The minimum atomic E-state index is -2.79. The van der Waals surface area contributed by atoms with Crippen molar-refractivity contribution in [3.63, 3.8) is 0 Å². The van der Waals surface area contributed by atoms with Crippen molar-refractivity contribution in [1.82, 2.24) is 4.90 Å². The van der Waals surface area contributed by atoms with E-state index in [-0.39, 0.29) is 5.75 Å². The van der Waals surface area contributed by atoms with Gasteiger partial charge in [-0.1, -0.05) is 30.3 Å². The first-order valence-corrected chi connectivity index (χ1v) is 5.40. The number of benzene rings is 1. The van der Waals surface area contributed by atoms with E-state index in [9.17, 15) is 8.78 Å². The average Bonchev–Trinajstić information content (AvgIpc) is 2.18. The lowest BCUT2D eigenvalue weighted by molar-refractivity contribution is -0.0498. The molecule has 0 aromatic heterocycles. The van der Waals surface area contributed by atoms with Crippen LogP contribution in [0.5, 0.6) is 5.75 Å². The van der Waals surface area contributed by atoms with Gasteiger partial charge in [0.2, 0.25) is 0 Å². The first-order chi connectivity index (χ1) is 7.97. The molecule has 0 saturated carbocycles. The monoisotopic (exact) mass is 261 g/mol. The first kappa shape index (κ1) is 13.9. The van der Waals surface area contributed by atoms with Gasteiger partial charge in [-0.15, -0.1) is 0 Å². The summed E-state index contributed by atoms with van der Waals surface area (Å²) in [6, 6.07) is 6.52. The van der Waals surface area contributed by atoms with Crippen molar-refractivity contribution >= 4 is 11.6 Å². The van der Waals surface area contributed by atoms with E-state index in [0.29, 0.717) is 18.1 Å². The highest BCUT2D eigenvalue weighted by molar-refractivity contribution is 6.29. The maximum absolute atomic E-state index is 11.9. The van der Waals surface area contributed by atoms with Crippen LogP contribution < -0.4 is 4.74 Å². The highest BCUT2D eigenvalue weighted by Crippen LogP contribution is 2.16. The molecule has 0 amide bonds. The molecule has 5 heteroatoms. The second kappa shape index (κ2) is 6.57. The van der Waals surface area contributed by atoms with Gasteiger partial charge in [0, 0.05) is 18.1 Å². The highest BCUT2D eigenvalue weighted by atomic mass is 35.5. The van der Waals surface area contributed by atoms with Gasteiger partial charge >= 0.3 is 6.61 Å². The molecule has 0 radical (unpaired) electrons. The highest BCUT2D eigenvalue weighted by Gasteiger charge is 2.05. The summed E-state index contributed by atoms with van der Waals surface area (Å²) in [4.78, 5) is 1.97. The zero-order chi connectivity index (χ0) is 12.8. The molecule has 0 spiro atoms. The number of likely N-dealkylation sites (N-methyl/N-ethyl adjacent to an activating group) is 1. The van der Waals surface area contributed by atoms with E-state index in [2.05, 4.69) is 11.3 Å². The maximum Gasteiger partial charge on any atom is 0.387 e. The van der Waals surface area contributed by atoms with E-state index >= 15 is 0 Å². The number of hydrogen-bond acceptors (Lipinski definition) is 2. The molecule has 0 aliphatic heterocycles. The Morgan fingerprint density at radius 2 is 2.00 bits per heavy atom. The number of halogens is 3. The third-order valence-corrected chi connectivity index (χ3v) is 2.16. The number of rotatable bonds is 6. The van der Waals surface area contributed by atoms with Gasteiger partial charge in [-0.2, -0.15) is 8.78 Å². The Kier molecular flexibility index (Phi) is 5.38. The average molecular weight is 262 g/mol. The van der Waals surface area contributed by atoms with Crippen LogP contribution in [0.15, 0.2) is 35.9 Å². The Balaban J connectivity index is 2.53. The molecular weight excluding hydrogens is 248 g/mol. The smallest absolute Gasteiger partial charge is 0.387 e. The van der Waals surface area contributed by atoms with Gasteiger partial charge in [-0.25, -0.2) is 0 Å². The van der Waals surface area contributed by atoms with Crippen LogP contribution in [0.1, 0.15) is 5.56 Å². The molecule has 1 aromatic rings. The van der Waals surface area contributed by atoms with Crippen LogP contribution in [-0.4, -0.2) is 25.1 Å². The van der Waals surface area contributed by atoms with Crippen molar-refractivity contribution in [2.45, 2.75) is 13.2 Å². The van der Waals surface area contributed by atoms with Gasteiger partial charge in [-0.05, 0) is 24.7 Å². The lowest BCUT2D eigenvalue weighted by atomic mass is 10.2. The van der Waals surface area contributed by atoms with Gasteiger partial charge in [0.25, 0.3) is 0 Å². The number of alkyl halides is 2. The van der Waals surface area contributed by atoms with E-state index in [4.69, 9.17) is 11.6 Å². The van der Waals surface area contributed by atoms with Crippen molar-refractivity contribution in [2.24, 2.45) is 0 Å². The normalized spacial score (nSPS) is 10.9. The second-order valence-corrected chi connectivity index (χ2v) is 4.25. The quantitative estimate of drug-likeness (QED) is 0.777. The third kappa shape index (κ3) is 5.65. The lowest BCUT2D eigenvalue weighted by Crippen LogP contribution is -2.18. The van der Waals surface area contributed by atoms with E-state index in [0.717, 1.165) is 5.56 Å². The Hall–Kier alpha value is -1.13. The third-order valence-electron chi connectivity index (χ3n) is 2.04. The molecule has 0 atom stereocenters. The molecule has 94 valence electrons. The molecule has 17 heavy (non-hydrogen) atoms. The summed E-state index contributed by atoms with van der Waals surface area (Å²) in [7, 11) is 1.90. The predicted octanol–water partition coefficient (Wildman–Crippen LogP) is 3.47. The van der Waals surface area contributed by atoms with Crippen molar-refractivity contribution in [1.29, 1.82) is 0 Å². The van der Waals surface area contributed by atoms with Crippen molar-refractivity contribution in [3.05, 3.63) is 41.4 Å². The summed E-state index contributed by atoms with van der Waals surface area (Å²) in [6.07, 6.45) is 0. The molecule has 1 rings (SSSR count). The Labute approximate surface area is 104 Å². The Morgan fingerprint density at radius 1 is 1.41 bits per heavy atom. The fourth-order valence-corrected chi connectivity index (χ4v) is 1.64. The largest absolute Gasteiger partial charge is 0.435 e. The molecule has 0 fully saturated rings. The zero-order valence-corrected chi connectivity index (χ0v) is 10.3. The van der Waals surface area contributed by atoms with Crippen molar-refractivity contribution in [3.8, 4) is 5.75 Å². The topological polar surface area (TPSA) is 12.5 Å². The molecule has 0 unspecified atom stereocenters. The molecule has 2 nitrogen and oxygen atoms in total. The molecule has 0 saturated heterocycles. The molecule has 0 heterocycles. The van der Waals surface area contributed by atoms with Gasteiger partial charge < -0.3 is 4.74 Å². The maximum atomic E-state index is 11.9. The van der Waals surface area contributed by atoms with Crippen molar-refractivity contribution < 1.29 is 13.5 Å². The van der Waals surface area contributed by atoms with Crippen LogP contribution in [0.25, 0.3) is 0 Å². The molecule has 0 N–H and O–H groups in total. The van der Waals surface area contributed by atoms with Crippen LogP contribution in [-0.2, 0) is 6.54 Å². The number of hydrogen-bond donors (Lipinski definition) is 0. The molecule has 0 aliphatic carbocycles. The molecule has 0 aliphatic rings. The standard InChI is InChI=1S/C12H14ClF2NO/c1-9(13)7-16(2)8-10-3-5-11(6-4-10)17-12(14)15/h3-6,12H,1,7-8H2,2H3. The molecule has 1 aromatic carbocycles. The lowest BCUT2D eigenvalue weighted by Gasteiger charge is -2.15. The number of ether oxygens (including phenoxy) is 1. The van der Waals surface area contributed by atoms with Gasteiger partial charge in [0.1, 0.15) is 5.75 Å².